The van der Waals surface area contributed by atoms with E-state index in [0.29, 0.717) is 32.0 Å². The normalized spacial score (nSPS) is 12.2. The van der Waals surface area contributed by atoms with Crippen LogP contribution < -0.4 is 25.4 Å². The summed E-state index contributed by atoms with van der Waals surface area (Å²) in [7, 11) is 1.63. The van der Waals surface area contributed by atoms with Gasteiger partial charge in [0.2, 0.25) is 5.91 Å². The van der Waals surface area contributed by atoms with Crippen LogP contribution in [-0.4, -0.2) is 51.3 Å². The molecule has 0 spiro atoms. The maximum Gasteiger partial charge on any atom is 0.221 e. The fourth-order valence-electron chi connectivity index (χ4n) is 2.15. The number of hydrogen-bond donors (Lipinski definition) is 3. The van der Waals surface area contributed by atoms with Crippen molar-refractivity contribution in [1.82, 2.24) is 16.0 Å². The Bertz CT molecular complexity index is 563. The molecule has 0 saturated heterocycles. The van der Waals surface area contributed by atoms with Crippen LogP contribution in [0.25, 0.3) is 0 Å². The molecule has 3 N–H and O–H groups in total. The lowest BCUT2D eigenvalue weighted by molar-refractivity contribution is -0.120. The molecule has 1 aromatic carbocycles. The summed E-state index contributed by atoms with van der Waals surface area (Å²) < 4.78 is 11.1. The van der Waals surface area contributed by atoms with Gasteiger partial charge in [0.25, 0.3) is 0 Å². The molecule has 1 rings (SSSR count). The highest BCUT2D eigenvalue weighted by Gasteiger charge is 2.06. The first-order valence-electron chi connectivity index (χ1n) is 9.18. The summed E-state index contributed by atoms with van der Waals surface area (Å²) >= 11 is 0. The molecule has 7 nitrogen and oxygen atoms in total. The van der Waals surface area contributed by atoms with E-state index in [4.69, 9.17) is 9.47 Å². The van der Waals surface area contributed by atoms with Gasteiger partial charge >= 0.3 is 0 Å². The molecule has 7 heteroatoms. The molecule has 1 aromatic rings. The molecule has 146 valence electrons. The van der Waals surface area contributed by atoms with E-state index in [2.05, 4.69) is 20.9 Å². The minimum Gasteiger partial charge on any atom is -0.497 e. The third-order valence-corrected chi connectivity index (χ3v) is 3.45. The Balaban J connectivity index is 2.44. The topological polar surface area (TPSA) is 84.0 Å². The molecule has 1 amide bonds. The maximum atomic E-state index is 11.6. The van der Waals surface area contributed by atoms with E-state index in [-0.39, 0.29) is 12.0 Å². The number of nitrogens with one attached hydrogen (secondary N) is 3. The van der Waals surface area contributed by atoms with Gasteiger partial charge < -0.3 is 25.4 Å². The minimum atomic E-state index is -0.0922. The molecule has 0 aliphatic rings. The lowest BCUT2D eigenvalue weighted by atomic mass is 10.3. The molecular weight excluding hydrogens is 332 g/mol. The van der Waals surface area contributed by atoms with Gasteiger partial charge in [-0.2, -0.15) is 0 Å². The highest BCUT2D eigenvalue weighted by Crippen LogP contribution is 2.19. The summed E-state index contributed by atoms with van der Waals surface area (Å²) in [6.45, 7) is 8.49. The van der Waals surface area contributed by atoms with E-state index in [9.17, 15) is 4.79 Å². The van der Waals surface area contributed by atoms with Crippen molar-refractivity contribution in [3.63, 3.8) is 0 Å². The first kappa shape index (κ1) is 21.6. The van der Waals surface area contributed by atoms with Crippen LogP contribution >= 0.6 is 0 Å². The zero-order valence-corrected chi connectivity index (χ0v) is 16.3. The van der Waals surface area contributed by atoms with Gasteiger partial charge in [-0.25, -0.2) is 4.99 Å². The van der Waals surface area contributed by atoms with Gasteiger partial charge in [0.15, 0.2) is 5.96 Å². The number of hydrogen-bond acceptors (Lipinski definition) is 4. The average Bonchev–Trinajstić information content (AvgIpc) is 2.64. The van der Waals surface area contributed by atoms with E-state index in [1.807, 2.05) is 45.0 Å². The van der Waals surface area contributed by atoms with Gasteiger partial charge in [-0.15, -0.1) is 0 Å². The van der Waals surface area contributed by atoms with Crippen LogP contribution in [-0.2, 0) is 4.79 Å². The Morgan fingerprint density at radius 2 is 1.92 bits per heavy atom. The fourth-order valence-corrected chi connectivity index (χ4v) is 2.15. The van der Waals surface area contributed by atoms with Gasteiger partial charge in [-0.05, 0) is 32.4 Å². The number of nitrogens with zero attached hydrogens (tertiary/aromatic N) is 1. The number of carbonyl (C=O) groups excluding carboxylic acids is 1. The number of guanidine groups is 1. The van der Waals surface area contributed by atoms with Crippen molar-refractivity contribution in [2.75, 3.05) is 33.3 Å². The predicted molar refractivity (Wildman–Crippen MR) is 105 cm³/mol. The molecule has 0 aliphatic carbocycles. The van der Waals surface area contributed by atoms with Crippen LogP contribution in [0.5, 0.6) is 11.5 Å². The van der Waals surface area contributed by atoms with Crippen molar-refractivity contribution in [3.8, 4) is 11.5 Å². The van der Waals surface area contributed by atoms with Gasteiger partial charge in [0.05, 0.1) is 13.7 Å². The highest BCUT2D eigenvalue weighted by molar-refractivity contribution is 5.81. The Labute approximate surface area is 156 Å². The Morgan fingerprint density at radius 1 is 1.15 bits per heavy atom. The Morgan fingerprint density at radius 3 is 2.62 bits per heavy atom. The highest BCUT2D eigenvalue weighted by atomic mass is 16.5. The monoisotopic (exact) mass is 364 g/mol. The molecule has 0 saturated carbocycles. The number of methoxy groups -OCH3 is 1. The molecule has 0 aromatic heterocycles. The molecule has 0 bridgehead atoms. The van der Waals surface area contributed by atoms with E-state index >= 15 is 0 Å². The van der Waals surface area contributed by atoms with Crippen LogP contribution in [0.2, 0.25) is 0 Å². The summed E-state index contributed by atoms with van der Waals surface area (Å²) in [6, 6.07) is 7.50. The second-order valence-electron chi connectivity index (χ2n) is 5.85. The fraction of sp³-hybridized carbons (Fsp3) is 0.579. The largest absolute Gasteiger partial charge is 0.497 e. The molecule has 26 heavy (non-hydrogen) atoms. The maximum absolute atomic E-state index is 11.6. The second-order valence-corrected chi connectivity index (χ2v) is 5.85. The molecule has 0 radical (unpaired) electrons. The van der Waals surface area contributed by atoms with Crippen molar-refractivity contribution in [2.45, 2.75) is 39.7 Å². The number of rotatable bonds is 11. The van der Waals surface area contributed by atoms with Gasteiger partial charge in [0.1, 0.15) is 17.6 Å². The smallest absolute Gasteiger partial charge is 0.221 e. The number of carbonyl (C=O) groups is 1. The summed E-state index contributed by atoms with van der Waals surface area (Å²) in [6.07, 6.45) is 1.26. The second kappa shape index (κ2) is 12.9. The van der Waals surface area contributed by atoms with E-state index in [0.717, 1.165) is 24.5 Å². The Hall–Kier alpha value is -2.44. The third kappa shape index (κ3) is 9.15. The standard InChI is InChI=1S/C19H32N4O3/c1-5-11-21-18(24)10-12-22-19(20-6-2)23-14-15(3)26-17-9-7-8-16(13-17)25-4/h7-9,13,15H,5-6,10-12,14H2,1-4H3,(H,21,24)(H2,20,22,23). The number of ether oxygens (including phenoxy) is 2. The minimum absolute atomic E-state index is 0.0462. The summed E-state index contributed by atoms with van der Waals surface area (Å²) in [5.41, 5.74) is 0. The first-order chi connectivity index (χ1) is 12.6. The van der Waals surface area contributed by atoms with Crippen LogP contribution in [0, 0.1) is 0 Å². The van der Waals surface area contributed by atoms with Gasteiger partial charge in [0, 0.05) is 32.1 Å². The molecule has 1 atom stereocenters. The SMILES string of the molecule is CCCNC(=O)CCNC(=NCC(C)Oc1cccc(OC)c1)NCC. The quantitative estimate of drug-likeness (QED) is 0.413. The third-order valence-electron chi connectivity index (χ3n) is 3.45. The van der Waals surface area contributed by atoms with Crippen molar-refractivity contribution in [1.29, 1.82) is 0 Å². The van der Waals surface area contributed by atoms with Crippen LogP contribution in [0.1, 0.15) is 33.6 Å². The van der Waals surface area contributed by atoms with Crippen molar-refractivity contribution in [2.24, 2.45) is 4.99 Å². The average molecular weight is 364 g/mol. The Kier molecular flexibility index (Phi) is 10.7. The molecule has 0 fully saturated rings. The molecule has 0 heterocycles. The van der Waals surface area contributed by atoms with Gasteiger partial charge in [-0.1, -0.05) is 13.0 Å². The van der Waals surface area contributed by atoms with Crippen LogP contribution in [0.4, 0.5) is 0 Å². The lowest BCUT2D eigenvalue weighted by Crippen LogP contribution is -2.40. The zero-order chi connectivity index (χ0) is 19.2. The lowest BCUT2D eigenvalue weighted by Gasteiger charge is -2.15. The zero-order valence-electron chi connectivity index (χ0n) is 16.3. The molecule has 0 aliphatic heterocycles. The number of amides is 1. The van der Waals surface area contributed by atoms with E-state index in [1.165, 1.54) is 0 Å². The molecule has 1 unspecified atom stereocenters. The van der Waals surface area contributed by atoms with Crippen molar-refractivity contribution < 1.29 is 14.3 Å². The predicted octanol–water partition coefficient (Wildman–Crippen LogP) is 1.93. The van der Waals surface area contributed by atoms with E-state index in [1.54, 1.807) is 7.11 Å². The van der Waals surface area contributed by atoms with Crippen molar-refractivity contribution in [3.05, 3.63) is 24.3 Å². The summed E-state index contributed by atoms with van der Waals surface area (Å²) in [5, 5.41) is 9.19. The van der Waals surface area contributed by atoms with Crippen LogP contribution in [0.3, 0.4) is 0 Å². The number of aliphatic imine (C=N–C) groups is 1. The first-order valence-corrected chi connectivity index (χ1v) is 9.18. The number of benzene rings is 1. The summed E-state index contributed by atoms with van der Waals surface area (Å²) in [5.74, 6) is 2.23. The van der Waals surface area contributed by atoms with Crippen LogP contribution in [0.15, 0.2) is 29.3 Å². The summed E-state index contributed by atoms with van der Waals surface area (Å²) in [4.78, 5) is 16.1. The van der Waals surface area contributed by atoms with E-state index < -0.39 is 0 Å². The van der Waals surface area contributed by atoms with Gasteiger partial charge in [-0.3, -0.25) is 4.79 Å². The molecular formula is C19H32N4O3. The van der Waals surface area contributed by atoms with Crippen molar-refractivity contribution >= 4 is 11.9 Å².